The summed E-state index contributed by atoms with van der Waals surface area (Å²) in [5.74, 6) is -0.0866. The van der Waals surface area contributed by atoms with Crippen LogP contribution < -0.4 is 5.32 Å². The number of hydrogen-bond acceptors (Lipinski definition) is 1. The van der Waals surface area contributed by atoms with E-state index in [9.17, 15) is 4.79 Å². The summed E-state index contributed by atoms with van der Waals surface area (Å²) < 4.78 is 0. The number of carbonyl (C=O) groups excluding carboxylic acids is 1. The smallest absolute Gasteiger partial charge is 0.255 e. The van der Waals surface area contributed by atoms with E-state index in [0.29, 0.717) is 5.56 Å². The number of benzene rings is 2. The lowest BCUT2D eigenvalue weighted by atomic mass is 10.1. The molecule has 1 amide bonds. The van der Waals surface area contributed by atoms with E-state index in [0.717, 1.165) is 23.2 Å². The molecule has 0 fully saturated rings. The Morgan fingerprint density at radius 1 is 1.16 bits per heavy atom. The molecule has 0 saturated heterocycles. The Labute approximate surface area is 113 Å². The number of anilines is 1. The van der Waals surface area contributed by atoms with Gasteiger partial charge in [-0.15, -0.1) is 6.58 Å². The molecule has 96 valence electrons. The fraction of sp³-hybridized carbons (Fsp3) is 0.118. The lowest BCUT2D eigenvalue weighted by molar-refractivity contribution is 0.102. The second kappa shape index (κ2) is 6.01. The van der Waals surface area contributed by atoms with Crippen LogP contribution in [0.1, 0.15) is 21.5 Å². The van der Waals surface area contributed by atoms with Crippen molar-refractivity contribution < 1.29 is 4.79 Å². The molecule has 2 rings (SSSR count). The summed E-state index contributed by atoms with van der Waals surface area (Å²) in [7, 11) is 0. The fourth-order valence-electron chi connectivity index (χ4n) is 1.88. The molecule has 0 unspecified atom stereocenters. The Bertz CT molecular complexity index is 584. The van der Waals surface area contributed by atoms with Crippen LogP contribution in [0.3, 0.4) is 0 Å². The number of rotatable bonds is 4. The van der Waals surface area contributed by atoms with Gasteiger partial charge in [-0.2, -0.15) is 0 Å². The summed E-state index contributed by atoms with van der Waals surface area (Å²) >= 11 is 0. The van der Waals surface area contributed by atoms with Gasteiger partial charge in [0.2, 0.25) is 0 Å². The largest absolute Gasteiger partial charge is 0.322 e. The van der Waals surface area contributed by atoms with Crippen molar-refractivity contribution in [3.05, 3.63) is 77.9 Å². The molecule has 0 spiro atoms. The molecule has 0 heterocycles. The van der Waals surface area contributed by atoms with Gasteiger partial charge in [0.15, 0.2) is 0 Å². The SMILES string of the molecule is C=CCc1ccccc1NC(=O)c1ccc(C)cc1. The summed E-state index contributed by atoms with van der Waals surface area (Å²) in [6.45, 7) is 5.73. The maximum Gasteiger partial charge on any atom is 0.255 e. The summed E-state index contributed by atoms with van der Waals surface area (Å²) in [5.41, 5.74) is 3.72. The first-order valence-corrected chi connectivity index (χ1v) is 6.27. The van der Waals surface area contributed by atoms with Crippen LogP contribution in [0.2, 0.25) is 0 Å². The normalized spacial score (nSPS) is 9.95. The minimum absolute atomic E-state index is 0.0866. The first kappa shape index (κ1) is 13.1. The van der Waals surface area contributed by atoms with E-state index in [-0.39, 0.29) is 5.91 Å². The quantitative estimate of drug-likeness (QED) is 0.818. The van der Waals surface area contributed by atoms with Crippen molar-refractivity contribution in [1.29, 1.82) is 0 Å². The first-order valence-electron chi connectivity index (χ1n) is 6.27. The van der Waals surface area contributed by atoms with Gasteiger partial charge in [-0.3, -0.25) is 4.79 Å². The predicted molar refractivity (Wildman–Crippen MR) is 79.5 cm³/mol. The molecule has 0 saturated carbocycles. The highest BCUT2D eigenvalue weighted by Gasteiger charge is 2.07. The number of hydrogen-bond donors (Lipinski definition) is 1. The van der Waals surface area contributed by atoms with Crippen molar-refractivity contribution in [2.24, 2.45) is 0 Å². The predicted octanol–water partition coefficient (Wildman–Crippen LogP) is 3.98. The Morgan fingerprint density at radius 2 is 1.84 bits per heavy atom. The van der Waals surface area contributed by atoms with E-state index in [1.165, 1.54) is 0 Å². The van der Waals surface area contributed by atoms with E-state index < -0.39 is 0 Å². The third-order valence-electron chi connectivity index (χ3n) is 2.94. The van der Waals surface area contributed by atoms with Crippen molar-refractivity contribution in [3.63, 3.8) is 0 Å². The van der Waals surface area contributed by atoms with Crippen LogP contribution in [0.4, 0.5) is 5.69 Å². The zero-order valence-corrected chi connectivity index (χ0v) is 11.0. The molecule has 0 radical (unpaired) electrons. The van der Waals surface area contributed by atoms with E-state index >= 15 is 0 Å². The Morgan fingerprint density at radius 3 is 2.53 bits per heavy atom. The van der Waals surface area contributed by atoms with Crippen molar-refractivity contribution in [2.75, 3.05) is 5.32 Å². The van der Waals surface area contributed by atoms with Gasteiger partial charge in [0.05, 0.1) is 0 Å². The summed E-state index contributed by atoms with van der Waals surface area (Å²) in [5, 5.41) is 2.94. The minimum Gasteiger partial charge on any atom is -0.322 e. The van der Waals surface area contributed by atoms with Crippen LogP contribution in [-0.2, 0) is 6.42 Å². The molecule has 2 heteroatoms. The van der Waals surface area contributed by atoms with Crippen LogP contribution in [0.15, 0.2) is 61.2 Å². The first-order chi connectivity index (χ1) is 9.20. The highest BCUT2D eigenvalue weighted by molar-refractivity contribution is 6.04. The maximum atomic E-state index is 12.1. The van der Waals surface area contributed by atoms with Crippen LogP contribution in [0.25, 0.3) is 0 Å². The van der Waals surface area contributed by atoms with E-state index in [2.05, 4.69) is 11.9 Å². The van der Waals surface area contributed by atoms with Gasteiger partial charge in [0, 0.05) is 11.3 Å². The van der Waals surface area contributed by atoms with Gasteiger partial charge >= 0.3 is 0 Å². The molecular formula is C17H17NO. The number of aryl methyl sites for hydroxylation is 1. The number of nitrogens with one attached hydrogen (secondary N) is 1. The molecule has 2 aromatic carbocycles. The number of amides is 1. The average molecular weight is 251 g/mol. The summed E-state index contributed by atoms with van der Waals surface area (Å²) in [6.07, 6.45) is 2.57. The Kier molecular flexibility index (Phi) is 4.14. The van der Waals surface area contributed by atoms with Crippen LogP contribution >= 0.6 is 0 Å². The lowest BCUT2D eigenvalue weighted by Gasteiger charge is -2.09. The second-order valence-electron chi connectivity index (χ2n) is 4.47. The minimum atomic E-state index is -0.0866. The molecule has 0 aliphatic rings. The number of allylic oxidation sites excluding steroid dienone is 1. The van der Waals surface area contributed by atoms with Crippen molar-refractivity contribution in [2.45, 2.75) is 13.3 Å². The van der Waals surface area contributed by atoms with Crippen molar-refractivity contribution in [1.82, 2.24) is 0 Å². The van der Waals surface area contributed by atoms with Crippen molar-refractivity contribution >= 4 is 11.6 Å². The molecule has 1 N–H and O–H groups in total. The molecule has 0 aliphatic carbocycles. The molecule has 2 nitrogen and oxygen atoms in total. The zero-order valence-electron chi connectivity index (χ0n) is 11.0. The van der Waals surface area contributed by atoms with Crippen LogP contribution in [-0.4, -0.2) is 5.91 Å². The summed E-state index contributed by atoms with van der Waals surface area (Å²) in [4.78, 5) is 12.1. The monoisotopic (exact) mass is 251 g/mol. The molecular weight excluding hydrogens is 234 g/mol. The van der Waals surface area contributed by atoms with E-state index in [1.807, 2.05) is 61.5 Å². The summed E-state index contributed by atoms with van der Waals surface area (Å²) in [6, 6.07) is 15.3. The fourth-order valence-corrected chi connectivity index (χ4v) is 1.88. The molecule has 2 aromatic rings. The van der Waals surface area contributed by atoms with Gasteiger partial charge in [-0.05, 0) is 37.1 Å². The van der Waals surface area contributed by atoms with Crippen LogP contribution in [0, 0.1) is 6.92 Å². The second-order valence-corrected chi connectivity index (χ2v) is 4.47. The highest BCUT2D eigenvalue weighted by atomic mass is 16.1. The van der Waals surface area contributed by atoms with E-state index in [4.69, 9.17) is 0 Å². The maximum absolute atomic E-state index is 12.1. The number of carbonyl (C=O) groups is 1. The Hall–Kier alpha value is -2.35. The topological polar surface area (TPSA) is 29.1 Å². The third-order valence-corrected chi connectivity index (χ3v) is 2.94. The Balaban J connectivity index is 2.19. The molecule has 0 aromatic heterocycles. The zero-order chi connectivity index (χ0) is 13.7. The van der Waals surface area contributed by atoms with Crippen molar-refractivity contribution in [3.8, 4) is 0 Å². The highest BCUT2D eigenvalue weighted by Crippen LogP contribution is 2.17. The van der Waals surface area contributed by atoms with Gasteiger partial charge in [-0.25, -0.2) is 0 Å². The van der Waals surface area contributed by atoms with Gasteiger partial charge in [0.25, 0.3) is 5.91 Å². The molecule has 0 aliphatic heterocycles. The van der Waals surface area contributed by atoms with Gasteiger partial charge in [-0.1, -0.05) is 42.0 Å². The molecule has 0 atom stereocenters. The van der Waals surface area contributed by atoms with Gasteiger partial charge in [0.1, 0.15) is 0 Å². The molecule has 0 bridgehead atoms. The standard InChI is InChI=1S/C17H17NO/c1-3-6-14-7-4-5-8-16(14)18-17(19)15-11-9-13(2)10-12-15/h3-5,7-12H,1,6H2,2H3,(H,18,19). The molecule has 19 heavy (non-hydrogen) atoms. The lowest BCUT2D eigenvalue weighted by Crippen LogP contribution is -2.13. The van der Waals surface area contributed by atoms with Crippen LogP contribution in [0.5, 0.6) is 0 Å². The van der Waals surface area contributed by atoms with E-state index in [1.54, 1.807) is 0 Å². The van der Waals surface area contributed by atoms with Gasteiger partial charge < -0.3 is 5.32 Å². The third kappa shape index (κ3) is 3.32. The average Bonchev–Trinajstić information content (AvgIpc) is 2.42. The number of para-hydroxylation sites is 1.